The summed E-state index contributed by atoms with van der Waals surface area (Å²) in [6.07, 6.45) is 8.09. The molecule has 1 fully saturated rings. The van der Waals surface area contributed by atoms with Crippen LogP contribution in [0.1, 0.15) is 45.4 Å². The molecule has 2 heteroatoms. The van der Waals surface area contributed by atoms with E-state index in [4.69, 9.17) is 11.6 Å². The van der Waals surface area contributed by atoms with Crippen molar-refractivity contribution in [3.05, 3.63) is 0 Å². The van der Waals surface area contributed by atoms with Crippen LogP contribution in [0.2, 0.25) is 0 Å². The molecule has 78 valence electrons. The summed E-state index contributed by atoms with van der Waals surface area (Å²) in [7, 11) is 0. The van der Waals surface area contributed by atoms with Gasteiger partial charge in [0.2, 0.25) is 0 Å². The van der Waals surface area contributed by atoms with Crippen molar-refractivity contribution in [2.45, 2.75) is 51.5 Å². The maximum atomic E-state index is 5.72. The van der Waals surface area contributed by atoms with Crippen molar-refractivity contribution in [3.8, 4) is 0 Å². The molecular weight excluding hydrogens is 182 g/mol. The molecule has 1 nitrogen and oxygen atoms in total. The Kier molecular flexibility index (Phi) is 5.81. The molecular formula is C11H22ClN. The van der Waals surface area contributed by atoms with E-state index in [1.54, 1.807) is 0 Å². The molecule has 0 aliphatic heterocycles. The molecule has 0 amide bonds. The first-order valence-electron chi connectivity index (χ1n) is 5.68. The summed E-state index contributed by atoms with van der Waals surface area (Å²) in [6, 6.07) is 0.898. The molecule has 0 N–H and O–H groups in total. The minimum atomic E-state index is 0.815. The number of halogens is 1. The van der Waals surface area contributed by atoms with Crippen molar-refractivity contribution in [3.63, 3.8) is 0 Å². The van der Waals surface area contributed by atoms with Gasteiger partial charge in [-0.2, -0.15) is 0 Å². The first-order valence-corrected chi connectivity index (χ1v) is 6.22. The first-order chi connectivity index (χ1) is 6.38. The third kappa shape index (κ3) is 3.86. The Labute approximate surface area is 87.4 Å². The monoisotopic (exact) mass is 203 g/mol. The van der Waals surface area contributed by atoms with Crippen molar-refractivity contribution in [2.75, 3.05) is 19.0 Å². The highest BCUT2D eigenvalue weighted by Crippen LogP contribution is 2.25. The summed E-state index contributed by atoms with van der Waals surface area (Å²) in [6.45, 7) is 4.77. The van der Waals surface area contributed by atoms with Gasteiger partial charge in [-0.3, -0.25) is 0 Å². The van der Waals surface area contributed by atoms with Crippen LogP contribution >= 0.6 is 11.6 Å². The number of hydrogen-bond acceptors (Lipinski definition) is 1. The molecule has 0 aromatic heterocycles. The van der Waals surface area contributed by atoms with Crippen LogP contribution in [0, 0.1) is 0 Å². The van der Waals surface area contributed by atoms with Gasteiger partial charge in [0.1, 0.15) is 0 Å². The zero-order valence-electron chi connectivity index (χ0n) is 8.77. The van der Waals surface area contributed by atoms with Gasteiger partial charge in [0.15, 0.2) is 0 Å². The Morgan fingerprint density at radius 3 is 2.38 bits per heavy atom. The molecule has 0 unspecified atom stereocenters. The molecule has 0 heterocycles. The maximum Gasteiger partial charge on any atom is 0.0235 e. The molecule has 0 atom stereocenters. The number of rotatable bonds is 7. The highest BCUT2D eigenvalue weighted by atomic mass is 35.5. The summed E-state index contributed by atoms with van der Waals surface area (Å²) in [4.78, 5) is 2.65. The van der Waals surface area contributed by atoms with Crippen LogP contribution in [0.4, 0.5) is 0 Å². The van der Waals surface area contributed by atoms with Gasteiger partial charge in [0.05, 0.1) is 0 Å². The van der Waals surface area contributed by atoms with Crippen LogP contribution in [0.5, 0.6) is 0 Å². The SMILES string of the molecule is CCCCN(CCCCl)C1CCC1. The second kappa shape index (κ2) is 6.67. The third-order valence-corrected chi connectivity index (χ3v) is 3.24. The molecule has 0 radical (unpaired) electrons. The van der Waals surface area contributed by atoms with Gasteiger partial charge in [0, 0.05) is 11.9 Å². The topological polar surface area (TPSA) is 3.24 Å². The Morgan fingerprint density at radius 2 is 1.92 bits per heavy atom. The quantitative estimate of drug-likeness (QED) is 0.575. The first kappa shape index (κ1) is 11.3. The fraction of sp³-hybridized carbons (Fsp3) is 1.00. The molecule has 1 rings (SSSR count). The Bertz CT molecular complexity index is 115. The van der Waals surface area contributed by atoms with Crippen LogP contribution in [0.15, 0.2) is 0 Å². The van der Waals surface area contributed by atoms with Gasteiger partial charge in [-0.1, -0.05) is 19.8 Å². The summed E-state index contributed by atoms with van der Waals surface area (Å²) < 4.78 is 0. The Hall–Kier alpha value is 0.250. The van der Waals surface area contributed by atoms with E-state index in [1.165, 1.54) is 45.2 Å². The van der Waals surface area contributed by atoms with Gasteiger partial charge >= 0.3 is 0 Å². The van der Waals surface area contributed by atoms with Crippen LogP contribution in [0.3, 0.4) is 0 Å². The summed E-state index contributed by atoms with van der Waals surface area (Å²) >= 11 is 5.72. The van der Waals surface area contributed by atoms with Crippen LogP contribution < -0.4 is 0 Å². The predicted octanol–water partition coefficient (Wildman–Crippen LogP) is 3.27. The second-order valence-electron chi connectivity index (χ2n) is 4.02. The Morgan fingerprint density at radius 1 is 1.23 bits per heavy atom. The fourth-order valence-corrected chi connectivity index (χ4v) is 1.97. The number of unbranched alkanes of at least 4 members (excludes halogenated alkanes) is 1. The molecule has 0 aromatic carbocycles. The fourth-order valence-electron chi connectivity index (χ4n) is 1.85. The molecule has 0 saturated heterocycles. The van der Waals surface area contributed by atoms with E-state index in [0.29, 0.717) is 0 Å². The predicted molar refractivity (Wildman–Crippen MR) is 59.5 cm³/mol. The highest BCUT2D eigenvalue weighted by molar-refractivity contribution is 6.17. The molecule has 1 aliphatic carbocycles. The van der Waals surface area contributed by atoms with Crippen molar-refractivity contribution in [1.29, 1.82) is 0 Å². The van der Waals surface area contributed by atoms with Gasteiger partial charge in [-0.05, 0) is 38.8 Å². The number of nitrogens with zero attached hydrogens (tertiary/aromatic N) is 1. The Balaban J connectivity index is 2.16. The lowest BCUT2D eigenvalue weighted by atomic mass is 9.91. The van der Waals surface area contributed by atoms with E-state index in [0.717, 1.165) is 18.3 Å². The lowest BCUT2D eigenvalue weighted by Crippen LogP contribution is -2.41. The van der Waals surface area contributed by atoms with Gasteiger partial charge in [-0.25, -0.2) is 0 Å². The van der Waals surface area contributed by atoms with E-state index in [-0.39, 0.29) is 0 Å². The van der Waals surface area contributed by atoms with E-state index < -0.39 is 0 Å². The van der Waals surface area contributed by atoms with E-state index in [1.807, 2.05) is 0 Å². The van der Waals surface area contributed by atoms with E-state index >= 15 is 0 Å². The molecule has 1 saturated carbocycles. The highest BCUT2D eigenvalue weighted by Gasteiger charge is 2.23. The van der Waals surface area contributed by atoms with Crippen molar-refractivity contribution in [1.82, 2.24) is 4.90 Å². The second-order valence-corrected chi connectivity index (χ2v) is 4.39. The zero-order chi connectivity index (χ0) is 9.52. The van der Waals surface area contributed by atoms with Crippen molar-refractivity contribution in [2.24, 2.45) is 0 Å². The maximum absolute atomic E-state index is 5.72. The van der Waals surface area contributed by atoms with Crippen LogP contribution in [-0.4, -0.2) is 29.9 Å². The zero-order valence-corrected chi connectivity index (χ0v) is 9.52. The van der Waals surface area contributed by atoms with Gasteiger partial charge in [0.25, 0.3) is 0 Å². The summed E-state index contributed by atoms with van der Waals surface area (Å²) in [5.41, 5.74) is 0. The normalized spacial score (nSPS) is 17.8. The lowest BCUT2D eigenvalue weighted by molar-refractivity contribution is 0.126. The smallest absolute Gasteiger partial charge is 0.0235 e. The molecule has 13 heavy (non-hydrogen) atoms. The standard InChI is InChI=1S/C11H22ClN/c1-2-3-9-13(10-5-8-12)11-6-4-7-11/h11H,2-10H2,1H3. The average molecular weight is 204 g/mol. The molecule has 0 spiro atoms. The van der Waals surface area contributed by atoms with Crippen LogP contribution in [-0.2, 0) is 0 Å². The van der Waals surface area contributed by atoms with Gasteiger partial charge in [-0.15, -0.1) is 11.6 Å². The molecule has 0 bridgehead atoms. The largest absolute Gasteiger partial charge is 0.300 e. The third-order valence-electron chi connectivity index (χ3n) is 2.97. The molecule has 0 aromatic rings. The number of hydrogen-bond donors (Lipinski definition) is 0. The van der Waals surface area contributed by atoms with Crippen molar-refractivity contribution >= 4 is 11.6 Å². The summed E-state index contributed by atoms with van der Waals surface area (Å²) in [5.74, 6) is 0.815. The van der Waals surface area contributed by atoms with Crippen molar-refractivity contribution < 1.29 is 0 Å². The van der Waals surface area contributed by atoms with E-state index in [9.17, 15) is 0 Å². The average Bonchev–Trinajstić information content (AvgIpc) is 2.06. The van der Waals surface area contributed by atoms with Gasteiger partial charge < -0.3 is 4.90 Å². The lowest BCUT2D eigenvalue weighted by Gasteiger charge is -2.37. The van der Waals surface area contributed by atoms with Crippen LogP contribution in [0.25, 0.3) is 0 Å². The summed E-state index contributed by atoms with van der Waals surface area (Å²) in [5, 5.41) is 0. The molecule has 1 aliphatic rings. The minimum absolute atomic E-state index is 0.815. The van der Waals surface area contributed by atoms with E-state index in [2.05, 4.69) is 11.8 Å². The minimum Gasteiger partial charge on any atom is -0.300 e. The number of alkyl halides is 1.